The lowest BCUT2D eigenvalue weighted by Crippen LogP contribution is -2.55. The summed E-state index contributed by atoms with van der Waals surface area (Å²) in [4.78, 5) is 30.3. The minimum atomic E-state index is -0.776. The van der Waals surface area contributed by atoms with E-state index in [1.54, 1.807) is 0 Å². The van der Waals surface area contributed by atoms with Gasteiger partial charge in [-0.15, -0.1) is 24.0 Å². The summed E-state index contributed by atoms with van der Waals surface area (Å²) in [6.45, 7) is 4.55. The van der Waals surface area contributed by atoms with Gasteiger partial charge >= 0.3 is 6.03 Å². The number of urea groups is 1. The van der Waals surface area contributed by atoms with Crippen molar-refractivity contribution < 1.29 is 9.59 Å². The smallest absolute Gasteiger partial charge is 0.322 e. The zero-order chi connectivity index (χ0) is 17.9. The molecule has 1 unspecified atom stereocenters. The van der Waals surface area contributed by atoms with E-state index in [0.29, 0.717) is 0 Å². The van der Waals surface area contributed by atoms with Crippen molar-refractivity contribution in [2.24, 2.45) is 16.8 Å². The Balaban J connectivity index is 0.00000243. The Hall–Kier alpha value is -1.06. The maximum Gasteiger partial charge on any atom is 0.322 e. The third-order valence-electron chi connectivity index (χ3n) is 6.17. The van der Waals surface area contributed by atoms with Crippen molar-refractivity contribution in [3.8, 4) is 0 Å². The first-order valence-electron chi connectivity index (χ1n) is 9.62. The number of nitrogens with zero attached hydrogens (tertiary/aromatic N) is 2. The van der Waals surface area contributed by atoms with Crippen molar-refractivity contribution in [2.45, 2.75) is 57.4 Å². The first kappa shape index (κ1) is 21.2. The molecule has 0 spiro atoms. The summed E-state index contributed by atoms with van der Waals surface area (Å²) in [5.41, 5.74) is -0.776. The summed E-state index contributed by atoms with van der Waals surface area (Å²) >= 11 is 0. The van der Waals surface area contributed by atoms with Crippen LogP contribution in [0.1, 0.15) is 51.9 Å². The Morgan fingerprint density at radius 3 is 2.38 bits per heavy atom. The first-order valence-corrected chi connectivity index (χ1v) is 9.62. The third-order valence-corrected chi connectivity index (χ3v) is 6.17. The van der Waals surface area contributed by atoms with E-state index in [2.05, 4.69) is 25.8 Å². The number of amides is 3. The second-order valence-electron chi connectivity index (χ2n) is 7.80. The van der Waals surface area contributed by atoms with E-state index in [-0.39, 0.29) is 41.8 Å². The van der Waals surface area contributed by atoms with E-state index < -0.39 is 5.54 Å². The third kappa shape index (κ3) is 4.61. The van der Waals surface area contributed by atoms with Crippen LogP contribution in [-0.2, 0) is 4.79 Å². The molecule has 148 valence electrons. The highest BCUT2D eigenvalue weighted by atomic mass is 127. The minimum absolute atomic E-state index is 0. The number of aliphatic imine (C=N–C) groups is 1. The molecule has 3 fully saturated rings. The normalized spacial score (nSPS) is 28.4. The van der Waals surface area contributed by atoms with Crippen LogP contribution in [0.4, 0.5) is 4.79 Å². The highest BCUT2D eigenvalue weighted by Gasteiger charge is 2.48. The van der Waals surface area contributed by atoms with Gasteiger partial charge < -0.3 is 15.5 Å². The first-order chi connectivity index (χ1) is 12.0. The molecule has 0 bridgehead atoms. The van der Waals surface area contributed by atoms with Crippen LogP contribution >= 0.6 is 24.0 Å². The Kier molecular flexibility index (Phi) is 7.54. The van der Waals surface area contributed by atoms with E-state index in [4.69, 9.17) is 0 Å². The van der Waals surface area contributed by atoms with Crippen LogP contribution < -0.4 is 16.0 Å². The molecule has 3 aliphatic rings. The quantitative estimate of drug-likeness (QED) is 0.252. The number of piperidine rings is 1. The number of rotatable bonds is 3. The van der Waals surface area contributed by atoms with Gasteiger partial charge in [-0.25, -0.2) is 4.79 Å². The van der Waals surface area contributed by atoms with Crippen LogP contribution in [0.25, 0.3) is 0 Å². The number of hydrogen-bond acceptors (Lipinski definition) is 3. The number of likely N-dealkylation sites (tertiary alicyclic amines) is 1. The topological polar surface area (TPSA) is 85.8 Å². The molecule has 2 heterocycles. The van der Waals surface area contributed by atoms with Gasteiger partial charge in [-0.2, -0.15) is 0 Å². The van der Waals surface area contributed by atoms with E-state index in [9.17, 15) is 9.59 Å². The van der Waals surface area contributed by atoms with Crippen molar-refractivity contribution in [2.75, 3.05) is 26.7 Å². The number of hydrogen-bond donors (Lipinski definition) is 3. The molecule has 26 heavy (non-hydrogen) atoms. The summed E-state index contributed by atoms with van der Waals surface area (Å²) in [5, 5.41) is 8.73. The molecule has 1 saturated carbocycles. The molecule has 2 aliphatic heterocycles. The Morgan fingerprint density at radius 2 is 1.85 bits per heavy atom. The maximum absolute atomic E-state index is 12.1. The second-order valence-corrected chi connectivity index (χ2v) is 7.80. The fourth-order valence-corrected chi connectivity index (χ4v) is 4.47. The van der Waals surface area contributed by atoms with Crippen molar-refractivity contribution in [3.63, 3.8) is 0 Å². The van der Waals surface area contributed by atoms with Gasteiger partial charge in [0.2, 0.25) is 0 Å². The predicted octanol–water partition coefficient (Wildman–Crippen LogP) is 2.07. The standard InChI is InChI=1S/C18H31N5O2.HI/c1-18(15(24)21-17(25)22-18)14-8-10-23(11-9-14)16(19-2)20-12-13-6-4-3-5-7-13;/h13-14H,3-12H2,1-2H3,(H,19,20)(H2,21,22,24,25);1H. The van der Waals surface area contributed by atoms with E-state index in [1.807, 2.05) is 14.0 Å². The number of carbonyl (C=O) groups excluding carboxylic acids is 2. The van der Waals surface area contributed by atoms with Crippen LogP contribution in [0, 0.1) is 11.8 Å². The fraction of sp³-hybridized carbons (Fsp3) is 0.833. The summed E-state index contributed by atoms with van der Waals surface area (Å²) in [6, 6.07) is -0.375. The van der Waals surface area contributed by atoms with Gasteiger partial charge in [0, 0.05) is 26.7 Å². The van der Waals surface area contributed by atoms with Crippen LogP contribution in [0.3, 0.4) is 0 Å². The van der Waals surface area contributed by atoms with Crippen LogP contribution in [0.2, 0.25) is 0 Å². The lowest BCUT2D eigenvalue weighted by molar-refractivity contribution is -0.125. The second kappa shape index (κ2) is 9.23. The van der Waals surface area contributed by atoms with Crippen molar-refractivity contribution in [1.82, 2.24) is 20.9 Å². The monoisotopic (exact) mass is 477 g/mol. The molecular weight excluding hydrogens is 445 g/mol. The molecule has 1 atom stereocenters. The number of imide groups is 1. The van der Waals surface area contributed by atoms with Gasteiger partial charge in [0.15, 0.2) is 5.96 Å². The summed E-state index contributed by atoms with van der Waals surface area (Å²) in [5.74, 6) is 1.69. The molecule has 0 radical (unpaired) electrons. The van der Waals surface area contributed by atoms with Gasteiger partial charge in [-0.05, 0) is 44.4 Å². The largest absolute Gasteiger partial charge is 0.356 e. The summed E-state index contributed by atoms with van der Waals surface area (Å²) in [7, 11) is 1.83. The molecule has 1 aliphatic carbocycles. The Labute approximate surface area is 173 Å². The van der Waals surface area contributed by atoms with E-state index >= 15 is 0 Å². The molecule has 0 aromatic heterocycles. The zero-order valence-electron chi connectivity index (χ0n) is 15.8. The van der Waals surface area contributed by atoms with Crippen molar-refractivity contribution >= 4 is 41.9 Å². The molecule has 2 saturated heterocycles. The summed E-state index contributed by atoms with van der Waals surface area (Å²) in [6.07, 6.45) is 8.45. The predicted molar refractivity (Wildman–Crippen MR) is 113 cm³/mol. The van der Waals surface area contributed by atoms with E-state index in [1.165, 1.54) is 32.1 Å². The minimum Gasteiger partial charge on any atom is -0.356 e. The van der Waals surface area contributed by atoms with Gasteiger partial charge in [-0.1, -0.05) is 19.3 Å². The zero-order valence-corrected chi connectivity index (χ0v) is 18.2. The SMILES string of the molecule is CN=C(NCC1CCCCC1)N1CCC(C2(C)NC(=O)NC2=O)CC1.I. The Morgan fingerprint density at radius 1 is 1.19 bits per heavy atom. The number of guanidine groups is 1. The molecule has 7 nitrogen and oxygen atoms in total. The lowest BCUT2D eigenvalue weighted by atomic mass is 9.79. The van der Waals surface area contributed by atoms with Gasteiger partial charge in [0.25, 0.3) is 5.91 Å². The highest BCUT2D eigenvalue weighted by Crippen LogP contribution is 2.30. The molecular formula is C18H32IN5O2. The van der Waals surface area contributed by atoms with E-state index in [0.717, 1.165) is 44.4 Å². The van der Waals surface area contributed by atoms with Crippen LogP contribution in [-0.4, -0.2) is 55.0 Å². The molecule has 3 N–H and O–H groups in total. The Bertz CT molecular complexity index is 542. The highest BCUT2D eigenvalue weighted by molar-refractivity contribution is 14.0. The van der Waals surface area contributed by atoms with Gasteiger partial charge in [-0.3, -0.25) is 15.1 Å². The fourth-order valence-electron chi connectivity index (χ4n) is 4.47. The summed E-state index contributed by atoms with van der Waals surface area (Å²) < 4.78 is 0. The molecule has 8 heteroatoms. The van der Waals surface area contributed by atoms with Crippen LogP contribution in [0.15, 0.2) is 4.99 Å². The average molecular weight is 477 g/mol. The number of nitrogens with one attached hydrogen (secondary N) is 3. The van der Waals surface area contributed by atoms with Crippen LogP contribution in [0.5, 0.6) is 0 Å². The van der Waals surface area contributed by atoms with Gasteiger partial charge in [0.1, 0.15) is 5.54 Å². The average Bonchev–Trinajstić information content (AvgIpc) is 2.90. The number of halogens is 1. The maximum atomic E-state index is 12.1. The van der Waals surface area contributed by atoms with Crippen molar-refractivity contribution in [3.05, 3.63) is 0 Å². The van der Waals surface area contributed by atoms with Crippen molar-refractivity contribution in [1.29, 1.82) is 0 Å². The number of carbonyl (C=O) groups is 2. The van der Waals surface area contributed by atoms with Gasteiger partial charge in [0.05, 0.1) is 0 Å². The molecule has 0 aromatic carbocycles. The molecule has 0 aromatic rings. The lowest BCUT2D eigenvalue weighted by Gasteiger charge is -2.40. The molecule has 3 rings (SSSR count). The molecule has 3 amide bonds.